The maximum absolute atomic E-state index is 5.43. The first-order valence-corrected chi connectivity index (χ1v) is 4.26. The summed E-state index contributed by atoms with van der Waals surface area (Å²) in [7, 11) is 0. The van der Waals surface area contributed by atoms with Crippen molar-refractivity contribution in [3.05, 3.63) is 0 Å². The fourth-order valence-electron chi connectivity index (χ4n) is 1.12. The van der Waals surface area contributed by atoms with Gasteiger partial charge in [-0.1, -0.05) is 0 Å². The zero-order valence-electron chi connectivity index (χ0n) is 7.08. The lowest BCUT2D eigenvalue weighted by molar-refractivity contribution is -0.0106. The molecule has 0 amide bonds. The number of hydrogen-bond donors (Lipinski definition) is 1. The Morgan fingerprint density at radius 1 is 1.73 bits per heavy atom. The fourth-order valence-corrected chi connectivity index (χ4v) is 1.12. The van der Waals surface area contributed by atoms with Gasteiger partial charge in [0, 0.05) is 13.2 Å². The van der Waals surface area contributed by atoms with E-state index >= 15 is 0 Å². The molecule has 0 spiro atoms. The third-order valence-corrected chi connectivity index (χ3v) is 1.92. The summed E-state index contributed by atoms with van der Waals surface area (Å²) in [4.78, 5) is 0. The van der Waals surface area contributed by atoms with Crippen molar-refractivity contribution in [1.82, 2.24) is 0 Å². The molecule has 0 radical (unpaired) electrons. The summed E-state index contributed by atoms with van der Waals surface area (Å²) in [5.41, 5.74) is 5.39. The van der Waals surface area contributed by atoms with Crippen LogP contribution in [0.2, 0.25) is 0 Å². The minimum atomic E-state index is 0.166. The van der Waals surface area contributed by atoms with E-state index in [1.54, 1.807) is 0 Å². The molecule has 1 aliphatic rings. The van der Waals surface area contributed by atoms with Crippen molar-refractivity contribution in [2.24, 2.45) is 5.73 Å². The highest BCUT2D eigenvalue weighted by molar-refractivity contribution is 4.64. The molecule has 3 heteroatoms. The summed E-state index contributed by atoms with van der Waals surface area (Å²) in [5, 5.41) is 0. The van der Waals surface area contributed by atoms with Crippen molar-refractivity contribution in [2.75, 3.05) is 19.8 Å². The van der Waals surface area contributed by atoms with Crippen molar-refractivity contribution >= 4 is 0 Å². The second kappa shape index (κ2) is 4.70. The predicted molar refractivity (Wildman–Crippen MR) is 43.4 cm³/mol. The molecule has 0 aliphatic carbocycles. The van der Waals surface area contributed by atoms with E-state index in [1.165, 1.54) is 6.42 Å². The minimum absolute atomic E-state index is 0.166. The standard InChI is InChI=1S/C8H17NO2/c1-7(5-9)11-6-8-3-2-4-10-8/h7-8H,2-6,9H2,1H3/t7-,8-/m0/s1. The van der Waals surface area contributed by atoms with Crippen LogP contribution >= 0.6 is 0 Å². The molecule has 1 fully saturated rings. The van der Waals surface area contributed by atoms with Gasteiger partial charge in [0.15, 0.2) is 0 Å². The van der Waals surface area contributed by atoms with E-state index in [0.717, 1.165) is 13.0 Å². The molecule has 0 bridgehead atoms. The van der Waals surface area contributed by atoms with Gasteiger partial charge in [-0.2, -0.15) is 0 Å². The first-order valence-electron chi connectivity index (χ1n) is 4.26. The van der Waals surface area contributed by atoms with Crippen LogP contribution in [0.1, 0.15) is 19.8 Å². The van der Waals surface area contributed by atoms with Gasteiger partial charge in [0.1, 0.15) is 0 Å². The zero-order chi connectivity index (χ0) is 8.10. The van der Waals surface area contributed by atoms with Crippen molar-refractivity contribution in [1.29, 1.82) is 0 Å². The highest BCUT2D eigenvalue weighted by Gasteiger charge is 2.16. The first kappa shape index (κ1) is 8.97. The van der Waals surface area contributed by atoms with E-state index in [9.17, 15) is 0 Å². The molecule has 2 atom stereocenters. The Balaban J connectivity index is 2.01. The minimum Gasteiger partial charge on any atom is -0.376 e. The molecule has 2 N–H and O–H groups in total. The van der Waals surface area contributed by atoms with Crippen LogP contribution in [-0.4, -0.2) is 32.0 Å². The zero-order valence-corrected chi connectivity index (χ0v) is 7.08. The van der Waals surface area contributed by atoms with E-state index in [-0.39, 0.29) is 6.10 Å². The molecular weight excluding hydrogens is 142 g/mol. The van der Waals surface area contributed by atoms with Crippen LogP contribution < -0.4 is 5.73 Å². The molecule has 1 rings (SSSR count). The van der Waals surface area contributed by atoms with Crippen LogP contribution in [0.15, 0.2) is 0 Å². The van der Waals surface area contributed by atoms with E-state index in [0.29, 0.717) is 19.3 Å². The summed E-state index contributed by atoms with van der Waals surface area (Å²) >= 11 is 0. The normalized spacial score (nSPS) is 27.3. The lowest BCUT2D eigenvalue weighted by Gasteiger charge is -2.14. The summed E-state index contributed by atoms with van der Waals surface area (Å²) in [6.07, 6.45) is 2.80. The van der Waals surface area contributed by atoms with Crippen molar-refractivity contribution < 1.29 is 9.47 Å². The maximum atomic E-state index is 5.43. The van der Waals surface area contributed by atoms with Crippen molar-refractivity contribution in [2.45, 2.75) is 32.0 Å². The average molecular weight is 159 g/mol. The Labute approximate surface area is 67.9 Å². The topological polar surface area (TPSA) is 44.5 Å². The van der Waals surface area contributed by atoms with Gasteiger partial charge in [0.25, 0.3) is 0 Å². The Hall–Kier alpha value is -0.120. The number of rotatable bonds is 4. The molecule has 11 heavy (non-hydrogen) atoms. The molecule has 1 heterocycles. The first-order chi connectivity index (χ1) is 5.33. The van der Waals surface area contributed by atoms with Crippen LogP contribution in [-0.2, 0) is 9.47 Å². The molecule has 0 unspecified atom stereocenters. The smallest absolute Gasteiger partial charge is 0.0809 e. The molecule has 0 saturated carbocycles. The number of hydrogen-bond acceptors (Lipinski definition) is 3. The SMILES string of the molecule is C[C@@H](CN)OC[C@@H]1CCCO1. The van der Waals surface area contributed by atoms with Crippen LogP contribution in [0, 0.1) is 0 Å². The van der Waals surface area contributed by atoms with E-state index in [4.69, 9.17) is 15.2 Å². The molecule has 1 saturated heterocycles. The van der Waals surface area contributed by atoms with Gasteiger partial charge >= 0.3 is 0 Å². The van der Waals surface area contributed by atoms with Gasteiger partial charge in [-0.3, -0.25) is 0 Å². The van der Waals surface area contributed by atoms with Crippen LogP contribution in [0.4, 0.5) is 0 Å². The van der Waals surface area contributed by atoms with Crippen molar-refractivity contribution in [3.8, 4) is 0 Å². The summed E-state index contributed by atoms with van der Waals surface area (Å²) in [6.45, 7) is 4.17. The summed E-state index contributed by atoms with van der Waals surface area (Å²) in [6, 6.07) is 0. The van der Waals surface area contributed by atoms with Crippen LogP contribution in [0.25, 0.3) is 0 Å². The molecule has 0 aromatic carbocycles. The highest BCUT2D eigenvalue weighted by atomic mass is 16.5. The lowest BCUT2D eigenvalue weighted by Crippen LogP contribution is -2.25. The second-order valence-electron chi connectivity index (χ2n) is 3.01. The summed E-state index contributed by atoms with van der Waals surface area (Å²) < 4.78 is 10.8. The Morgan fingerprint density at radius 2 is 2.55 bits per heavy atom. The second-order valence-corrected chi connectivity index (χ2v) is 3.01. The monoisotopic (exact) mass is 159 g/mol. The molecule has 1 aliphatic heterocycles. The number of ether oxygens (including phenoxy) is 2. The Morgan fingerprint density at radius 3 is 3.09 bits per heavy atom. The van der Waals surface area contributed by atoms with E-state index in [2.05, 4.69) is 0 Å². The van der Waals surface area contributed by atoms with Gasteiger partial charge in [-0.25, -0.2) is 0 Å². The number of nitrogens with two attached hydrogens (primary N) is 1. The Kier molecular flexibility index (Phi) is 3.83. The molecule has 3 nitrogen and oxygen atoms in total. The molecule has 0 aromatic rings. The molecule has 66 valence electrons. The maximum Gasteiger partial charge on any atom is 0.0809 e. The van der Waals surface area contributed by atoms with Gasteiger partial charge in [0.2, 0.25) is 0 Å². The van der Waals surface area contributed by atoms with Gasteiger partial charge in [-0.05, 0) is 19.8 Å². The third-order valence-electron chi connectivity index (χ3n) is 1.92. The van der Waals surface area contributed by atoms with Gasteiger partial charge in [0.05, 0.1) is 18.8 Å². The van der Waals surface area contributed by atoms with Crippen LogP contribution in [0.5, 0.6) is 0 Å². The largest absolute Gasteiger partial charge is 0.376 e. The van der Waals surface area contributed by atoms with E-state index < -0.39 is 0 Å². The quantitative estimate of drug-likeness (QED) is 0.650. The van der Waals surface area contributed by atoms with Gasteiger partial charge < -0.3 is 15.2 Å². The van der Waals surface area contributed by atoms with Gasteiger partial charge in [-0.15, -0.1) is 0 Å². The molecule has 0 aromatic heterocycles. The van der Waals surface area contributed by atoms with Crippen molar-refractivity contribution in [3.63, 3.8) is 0 Å². The average Bonchev–Trinajstić information content (AvgIpc) is 2.52. The summed E-state index contributed by atoms with van der Waals surface area (Å²) in [5.74, 6) is 0. The molecular formula is C8H17NO2. The third kappa shape index (κ3) is 3.18. The lowest BCUT2D eigenvalue weighted by atomic mass is 10.2. The van der Waals surface area contributed by atoms with E-state index in [1.807, 2.05) is 6.92 Å². The highest BCUT2D eigenvalue weighted by Crippen LogP contribution is 2.12. The Bertz CT molecular complexity index is 102. The predicted octanol–water partition coefficient (Wildman–Crippen LogP) is 0.529. The fraction of sp³-hybridized carbons (Fsp3) is 1.00. The van der Waals surface area contributed by atoms with Crippen LogP contribution in [0.3, 0.4) is 0 Å².